The van der Waals surface area contributed by atoms with Gasteiger partial charge in [0, 0.05) is 27.9 Å². The molecule has 0 spiro atoms. The Labute approximate surface area is 236 Å². The van der Waals surface area contributed by atoms with Crippen LogP contribution in [-0.2, 0) is 4.79 Å². The average Bonchev–Trinajstić information content (AvgIpc) is 3.61. The van der Waals surface area contributed by atoms with E-state index in [1.807, 2.05) is 12.1 Å². The number of hydrogen-bond acceptors (Lipinski definition) is 5. The van der Waals surface area contributed by atoms with Gasteiger partial charge in [-0.15, -0.1) is 11.8 Å². The van der Waals surface area contributed by atoms with Gasteiger partial charge in [-0.1, -0.05) is 23.2 Å². The third-order valence-corrected chi connectivity index (χ3v) is 9.26. The molecule has 0 radical (unpaired) electrons. The molecule has 1 N–H and O–H groups in total. The first-order valence-corrected chi connectivity index (χ1v) is 14.9. The largest absolute Gasteiger partial charge is 0.493 e. The summed E-state index contributed by atoms with van der Waals surface area (Å²) in [6.07, 6.45) is 3.85. The number of hydrogen-bond donors (Lipinski definition) is 1. The van der Waals surface area contributed by atoms with Gasteiger partial charge in [-0.2, -0.15) is 0 Å². The summed E-state index contributed by atoms with van der Waals surface area (Å²) in [4.78, 5) is 28.3. The first-order valence-electron chi connectivity index (χ1n) is 13.0. The molecule has 0 unspecified atom stereocenters. The molecule has 2 aliphatic heterocycles. The summed E-state index contributed by atoms with van der Waals surface area (Å²) < 4.78 is 21.3. The molecule has 1 saturated carbocycles. The van der Waals surface area contributed by atoms with E-state index in [0.29, 0.717) is 34.1 Å². The van der Waals surface area contributed by atoms with Gasteiger partial charge in [-0.25, -0.2) is 9.18 Å². The van der Waals surface area contributed by atoms with Gasteiger partial charge in [0.15, 0.2) is 0 Å². The lowest BCUT2D eigenvalue weighted by Gasteiger charge is -2.36. The van der Waals surface area contributed by atoms with Gasteiger partial charge in [-0.05, 0) is 92.9 Å². The highest BCUT2D eigenvalue weighted by molar-refractivity contribution is 7.99. The van der Waals surface area contributed by atoms with E-state index in [2.05, 4.69) is 11.8 Å². The van der Waals surface area contributed by atoms with Gasteiger partial charge >= 0.3 is 5.97 Å². The lowest BCUT2D eigenvalue weighted by atomic mass is 9.95. The topological polar surface area (TPSA) is 70.1 Å². The van der Waals surface area contributed by atoms with Crippen molar-refractivity contribution in [3.8, 4) is 5.75 Å². The number of benzene rings is 2. The van der Waals surface area contributed by atoms with Crippen LogP contribution < -0.4 is 4.74 Å². The van der Waals surface area contributed by atoms with Gasteiger partial charge in [-0.3, -0.25) is 9.69 Å². The van der Waals surface area contributed by atoms with E-state index in [1.165, 1.54) is 22.7 Å². The SMILES string of the molecule is C[C@@H](c1cc(Cl)cc(Cl)c1)N1CCC(COc2cc(F)c(C(=O)N3CSC[C@H]3C(=O)O)cc2C2CC2)CC1. The van der Waals surface area contributed by atoms with E-state index in [1.54, 1.807) is 12.1 Å². The molecule has 1 amide bonds. The Bertz CT molecular complexity index is 1200. The number of thioether (sulfide) groups is 1. The second-order valence-corrected chi connectivity index (χ2v) is 12.3. The molecule has 10 heteroatoms. The Hall–Kier alpha value is -2.00. The summed E-state index contributed by atoms with van der Waals surface area (Å²) in [6.45, 7) is 4.47. The molecule has 204 valence electrons. The van der Waals surface area contributed by atoms with Crippen molar-refractivity contribution in [2.45, 2.75) is 50.6 Å². The van der Waals surface area contributed by atoms with Gasteiger partial charge in [0.2, 0.25) is 0 Å². The summed E-state index contributed by atoms with van der Waals surface area (Å²) in [5.74, 6) is -0.671. The minimum atomic E-state index is -1.07. The molecule has 3 fully saturated rings. The van der Waals surface area contributed by atoms with Crippen molar-refractivity contribution in [1.82, 2.24) is 9.80 Å². The predicted molar refractivity (Wildman–Crippen MR) is 148 cm³/mol. The van der Waals surface area contributed by atoms with Gasteiger partial charge in [0.1, 0.15) is 17.6 Å². The van der Waals surface area contributed by atoms with Crippen molar-refractivity contribution < 1.29 is 23.8 Å². The molecule has 2 aromatic rings. The minimum absolute atomic E-state index is 0.0728. The monoisotopic (exact) mass is 580 g/mol. The highest BCUT2D eigenvalue weighted by atomic mass is 35.5. The van der Waals surface area contributed by atoms with Crippen LogP contribution in [0.15, 0.2) is 30.3 Å². The number of rotatable bonds is 8. The maximum absolute atomic E-state index is 15.2. The number of carbonyl (C=O) groups is 2. The number of carbonyl (C=O) groups excluding carboxylic acids is 1. The van der Waals surface area contributed by atoms with Crippen molar-refractivity contribution in [2.75, 3.05) is 31.3 Å². The lowest BCUT2D eigenvalue weighted by Crippen LogP contribution is -2.42. The van der Waals surface area contributed by atoms with Crippen molar-refractivity contribution in [1.29, 1.82) is 0 Å². The molecule has 2 saturated heterocycles. The van der Waals surface area contributed by atoms with Crippen LogP contribution in [0.2, 0.25) is 10.0 Å². The van der Waals surface area contributed by atoms with Crippen LogP contribution in [0.5, 0.6) is 5.75 Å². The highest BCUT2D eigenvalue weighted by Crippen LogP contribution is 2.45. The predicted octanol–water partition coefficient (Wildman–Crippen LogP) is 6.46. The summed E-state index contributed by atoms with van der Waals surface area (Å²) in [5, 5.41) is 10.7. The number of halogens is 3. The molecule has 2 aromatic carbocycles. The van der Waals surface area contributed by atoms with E-state index >= 15 is 4.39 Å². The number of likely N-dealkylation sites (tertiary alicyclic amines) is 1. The summed E-state index contributed by atoms with van der Waals surface area (Å²) in [7, 11) is 0. The minimum Gasteiger partial charge on any atom is -0.493 e. The zero-order valence-electron chi connectivity index (χ0n) is 21.2. The first-order chi connectivity index (χ1) is 18.2. The molecule has 2 atom stereocenters. The molecular weight excluding hydrogens is 550 g/mol. The number of carboxylic acid groups (broad SMARTS) is 1. The maximum Gasteiger partial charge on any atom is 0.327 e. The third kappa shape index (κ3) is 6.09. The third-order valence-electron chi connectivity index (χ3n) is 7.81. The summed E-state index contributed by atoms with van der Waals surface area (Å²) >= 11 is 13.7. The quantitative estimate of drug-likeness (QED) is 0.386. The Morgan fingerprint density at radius 1 is 1.11 bits per heavy atom. The molecule has 2 heterocycles. The van der Waals surface area contributed by atoms with E-state index in [-0.39, 0.29) is 23.4 Å². The molecular formula is C28H31Cl2FN2O4S. The molecule has 3 aliphatic rings. The lowest BCUT2D eigenvalue weighted by molar-refractivity contribution is -0.140. The Morgan fingerprint density at radius 3 is 2.42 bits per heavy atom. The van der Waals surface area contributed by atoms with Crippen molar-refractivity contribution in [3.63, 3.8) is 0 Å². The zero-order valence-corrected chi connectivity index (χ0v) is 23.5. The zero-order chi connectivity index (χ0) is 27.0. The molecule has 38 heavy (non-hydrogen) atoms. The second kappa shape index (κ2) is 11.6. The fourth-order valence-electron chi connectivity index (χ4n) is 5.32. The van der Waals surface area contributed by atoms with Crippen LogP contribution in [0, 0.1) is 11.7 Å². The second-order valence-electron chi connectivity index (χ2n) is 10.4. The van der Waals surface area contributed by atoms with Gasteiger partial charge in [0.25, 0.3) is 5.91 Å². The maximum atomic E-state index is 15.2. The smallest absolute Gasteiger partial charge is 0.327 e. The fraction of sp³-hybridized carbons (Fsp3) is 0.500. The van der Waals surface area contributed by atoms with Gasteiger partial charge < -0.3 is 14.7 Å². The van der Waals surface area contributed by atoms with E-state index in [4.69, 9.17) is 27.9 Å². The number of carboxylic acids is 1. The summed E-state index contributed by atoms with van der Waals surface area (Å²) in [5.41, 5.74) is 1.87. The molecule has 0 bridgehead atoms. The van der Waals surface area contributed by atoms with Crippen LogP contribution in [0.3, 0.4) is 0 Å². The van der Waals surface area contributed by atoms with Crippen LogP contribution in [0.4, 0.5) is 4.39 Å². The van der Waals surface area contributed by atoms with Crippen LogP contribution in [0.1, 0.15) is 66.1 Å². The average molecular weight is 582 g/mol. The van der Waals surface area contributed by atoms with E-state index < -0.39 is 23.7 Å². The van der Waals surface area contributed by atoms with E-state index in [0.717, 1.165) is 49.9 Å². The van der Waals surface area contributed by atoms with Crippen LogP contribution in [-0.4, -0.2) is 64.2 Å². The van der Waals surface area contributed by atoms with Crippen molar-refractivity contribution >= 4 is 46.8 Å². The van der Waals surface area contributed by atoms with Crippen molar-refractivity contribution in [3.05, 3.63) is 62.9 Å². The molecule has 0 aromatic heterocycles. The van der Waals surface area contributed by atoms with Crippen LogP contribution in [0.25, 0.3) is 0 Å². The molecule has 6 nitrogen and oxygen atoms in total. The molecule has 1 aliphatic carbocycles. The number of aliphatic carboxylic acids is 1. The molecule has 5 rings (SSSR count). The number of piperidine rings is 1. The summed E-state index contributed by atoms with van der Waals surface area (Å²) in [6, 6.07) is 7.83. The standard InChI is InChI=1S/C28H31Cl2FN2O4S/c1-16(19-8-20(29)10-21(30)9-19)32-6-4-17(5-7-32)13-37-26-12-24(31)23(11-22(26)18-2-3-18)27(34)33-15-38-14-25(33)28(35)36/h8-12,16-18,25H,2-7,13-15H2,1H3,(H,35,36)/t16-,25-/m0/s1. The fourth-order valence-corrected chi connectivity index (χ4v) is 7.01. The van der Waals surface area contributed by atoms with Crippen molar-refractivity contribution in [2.24, 2.45) is 5.92 Å². The Kier molecular flexibility index (Phi) is 8.43. The number of ether oxygens (including phenoxy) is 1. The Morgan fingerprint density at radius 2 is 1.79 bits per heavy atom. The first kappa shape index (κ1) is 27.6. The normalized spacial score (nSPS) is 21.5. The Balaban J connectivity index is 1.22. The van der Waals surface area contributed by atoms with E-state index in [9.17, 15) is 14.7 Å². The van der Waals surface area contributed by atoms with Crippen LogP contribution >= 0.6 is 35.0 Å². The van der Waals surface area contributed by atoms with Gasteiger partial charge in [0.05, 0.1) is 18.0 Å². The highest BCUT2D eigenvalue weighted by Gasteiger charge is 2.37. The number of amides is 1. The number of nitrogens with zero attached hydrogens (tertiary/aromatic N) is 2.